The molecule has 0 bridgehead atoms. The lowest BCUT2D eigenvalue weighted by Crippen LogP contribution is -2.61. The van der Waals surface area contributed by atoms with Gasteiger partial charge in [-0.15, -0.1) is 0 Å². The topological polar surface area (TPSA) is 29.1 Å². The van der Waals surface area contributed by atoms with Crippen LogP contribution in [0.25, 0.3) is 0 Å². The lowest BCUT2D eigenvalue weighted by atomic mass is 9.44. The Kier molecular flexibility index (Phi) is 3.81. The third-order valence-electron chi connectivity index (χ3n) is 8.92. The standard InChI is InChI=1S/C21H35NO/c1-14(23)22-19-8-4-6-15-9-10-16-17-7-5-12-20(17,2)13-11-18(16)21(15,19)3/h15-19H,4-13H2,1-3H3,(H,22,23)/t15-,16+,17+,18+,19?,20+,21+/m1/s1. The molecule has 0 saturated heterocycles. The van der Waals surface area contributed by atoms with Crippen molar-refractivity contribution in [1.82, 2.24) is 5.32 Å². The monoisotopic (exact) mass is 317 g/mol. The van der Waals surface area contributed by atoms with Crippen LogP contribution in [0, 0.1) is 34.5 Å². The third-order valence-corrected chi connectivity index (χ3v) is 8.92. The molecule has 7 atom stereocenters. The summed E-state index contributed by atoms with van der Waals surface area (Å²) in [6.07, 6.45) is 14.1. The Bertz CT molecular complexity index is 488. The highest BCUT2D eigenvalue weighted by molar-refractivity contribution is 5.73. The van der Waals surface area contributed by atoms with Crippen LogP contribution in [0.4, 0.5) is 0 Å². The predicted molar refractivity (Wildman–Crippen MR) is 93.9 cm³/mol. The normalized spacial score (nSPS) is 52.2. The molecule has 0 heterocycles. The Labute approximate surface area is 142 Å². The predicted octanol–water partition coefficient (Wildman–Crippen LogP) is 4.92. The molecule has 2 nitrogen and oxygen atoms in total. The SMILES string of the molecule is CC(=O)NC1CCC[C@@H]2CC[C@H]3[C@@H]4CCC[C@@]4(C)CC[C@@H]3[C@@]12C. The third kappa shape index (κ3) is 2.30. The van der Waals surface area contributed by atoms with Crippen molar-refractivity contribution in [3.8, 4) is 0 Å². The highest BCUT2D eigenvalue weighted by Gasteiger charge is 2.59. The molecular formula is C21H35NO. The van der Waals surface area contributed by atoms with Crippen LogP contribution in [0.15, 0.2) is 0 Å². The fraction of sp³-hybridized carbons (Fsp3) is 0.952. The number of rotatable bonds is 1. The summed E-state index contributed by atoms with van der Waals surface area (Å²) in [6.45, 7) is 6.86. The first-order chi connectivity index (χ1) is 10.9. The molecule has 4 aliphatic rings. The van der Waals surface area contributed by atoms with E-state index in [0.717, 1.165) is 23.7 Å². The highest BCUT2D eigenvalue weighted by atomic mass is 16.1. The number of amides is 1. The van der Waals surface area contributed by atoms with E-state index < -0.39 is 0 Å². The molecule has 0 spiro atoms. The summed E-state index contributed by atoms with van der Waals surface area (Å²) >= 11 is 0. The van der Waals surface area contributed by atoms with Crippen molar-refractivity contribution in [3.05, 3.63) is 0 Å². The van der Waals surface area contributed by atoms with E-state index in [1.54, 1.807) is 6.92 Å². The van der Waals surface area contributed by atoms with Crippen LogP contribution in [0.5, 0.6) is 0 Å². The van der Waals surface area contributed by atoms with E-state index in [2.05, 4.69) is 19.2 Å². The van der Waals surface area contributed by atoms with E-state index in [0.29, 0.717) is 16.9 Å². The van der Waals surface area contributed by atoms with Crippen molar-refractivity contribution in [1.29, 1.82) is 0 Å². The van der Waals surface area contributed by atoms with Crippen molar-refractivity contribution in [3.63, 3.8) is 0 Å². The minimum absolute atomic E-state index is 0.181. The Hall–Kier alpha value is -0.530. The van der Waals surface area contributed by atoms with Crippen molar-refractivity contribution in [2.75, 3.05) is 0 Å². The molecule has 23 heavy (non-hydrogen) atoms. The largest absolute Gasteiger partial charge is 0.353 e. The molecule has 4 saturated carbocycles. The number of carbonyl (C=O) groups excluding carboxylic acids is 1. The zero-order valence-corrected chi connectivity index (χ0v) is 15.4. The van der Waals surface area contributed by atoms with Crippen LogP contribution in [0.1, 0.15) is 85.0 Å². The van der Waals surface area contributed by atoms with E-state index in [-0.39, 0.29) is 5.91 Å². The maximum Gasteiger partial charge on any atom is 0.217 e. The van der Waals surface area contributed by atoms with Crippen molar-refractivity contribution >= 4 is 5.91 Å². The van der Waals surface area contributed by atoms with Gasteiger partial charge in [-0.05, 0) is 85.9 Å². The first kappa shape index (κ1) is 16.0. The average Bonchev–Trinajstić information content (AvgIpc) is 2.89. The second-order valence-electron chi connectivity index (χ2n) is 9.79. The van der Waals surface area contributed by atoms with E-state index in [4.69, 9.17) is 0 Å². The van der Waals surface area contributed by atoms with Crippen molar-refractivity contribution < 1.29 is 4.79 Å². The number of fused-ring (bicyclic) bond motifs is 5. The first-order valence-electron chi connectivity index (χ1n) is 10.2. The van der Waals surface area contributed by atoms with Gasteiger partial charge in [0.05, 0.1) is 0 Å². The van der Waals surface area contributed by atoms with Gasteiger partial charge in [-0.2, -0.15) is 0 Å². The number of hydrogen-bond acceptors (Lipinski definition) is 1. The molecule has 1 N–H and O–H groups in total. The Morgan fingerprint density at radius 1 is 0.913 bits per heavy atom. The molecule has 0 aromatic heterocycles. The summed E-state index contributed by atoms with van der Waals surface area (Å²) < 4.78 is 0. The Balaban J connectivity index is 1.66. The molecule has 130 valence electrons. The molecule has 4 fully saturated rings. The van der Waals surface area contributed by atoms with Gasteiger partial charge in [-0.3, -0.25) is 4.79 Å². The van der Waals surface area contributed by atoms with Gasteiger partial charge in [0.2, 0.25) is 5.91 Å². The van der Waals surface area contributed by atoms with E-state index in [9.17, 15) is 4.79 Å². The number of hydrogen-bond donors (Lipinski definition) is 1. The zero-order chi connectivity index (χ0) is 16.2. The smallest absolute Gasteiger partial charge is 0.217 e. The van der Waals surface area contributed by atoms with Crippen LogP contribution in [-0.4, -0.2) is 11.9 Å². The molecule has 0 aromatic rings. The zero-order valence-electron chi connectivity index (χ0n) is 15.4. The summed E-state index contributed by atoms with van der Waals surface area (Å²) in [5.74, 6) is 3.79. The maximum atomic E-state index is 11.8. The van der Waals surface area contributed by atoms with E-state index in [1.165, 1.54) is 64.2 Å². The van der Waals surface area contributed by atoms with E-state index in [1.807, 2.05) is 0 Å². The molecular weight excluding hydrogens is 282 g/mol. The molecule has 0 radical (unpaired) electrons. The van der Waals surface area contributed by atoms with Gasteiger partial charge in [0.15, 0.2) is 0 Å². The summed E-state index contributed by atoms with van der Waals surface area (Å²) in [4.78, 5) is 11.8. The fourth-order valence-corrected chi connectivity index (χ4v) is 7.81. The number of nitrogens with one attached hydrogen (secondary N) is 1. The van der Waals surface area contributed by atoms with Gasteiger partial charge >= 0.3 is 0 Å². The Morgan fingerprint density at radius 2 is 1.74 bits per heavy atom. The minimum Gasteiger partial charge on any atom is -0.353 e. The fourth-order valence-electron chi connectivity index (χ4n) is 7.81. The average molecular weight is 318 g/mol. The first-order valence-corrected chi connectivity index (χ1v) is 10.2. The lowest BCUT2D eigenvalue weighted by Gasteiger charge is -2.62. The van der Waals surface area contributed by atoms with Gasteiger partial charge in [0.1, 0.15) is 0 Å². The van der Waals surface area contributed by atoms with Crippen molar-refractivity contribution in [2.45, 2.75) is 91.0 Å². The van der Waals surface area contributed by atoms with Crippen LogP contribution >= 0.6 is 0 Å². The molecule has 1 unspecified atom stereocenters. The lowest BCUT2D eigenvalue weighted by molar-refractivity contribution is -0.133. The number of carbonyl (C=O) groups is 1. The minimum atomic E-state index is 0.181. The Morgan fingerprint density at radius 3 is 2.52 bits per heavy atom. The van der Waals surface area contributed by atoms with Gasteiger partial charge in [-0.25, -0.2) is 0 Å². The van der Waals surface area contributed by atoms with Gasteiger partial charge in [0, 0.05) is 13.0 Å². The molecule has 2 heteroatoms. The van der Waals surface area contributed by atoms with E-state index >= 15 is 0 Å². The maximum absolute atomic E-state index is 11.8. The van der Waals surface area contributed by atoms with Crippen LogP contribution < -0.4 is 5.32 Å². The van der Waals surface area contributed by atoms with Crippen LogP contribution in [0.3, 0.4) is 0 Å². The molecule has 0 aliphatic heterocycles. The summed E-state index contributed by atoms with van der Waals surface area (Å²) in [5.41, 5.74) is 0.999. The molecule has 0 aromatic carbocycles. The second kappa shape index (κ2) is 5.49. The quantitative estimate of drug-likeness (QED) is 0.730. The van der Waals surface area contributed by atoms with Crippen LogP contribution in [-0.2, 0) is 4.79 Å². The molecule has 1 amide bonds. The summed E-state index contributed by atoms with van der Waals surface area (Å²) in [5, 5.41) is 3.38. The second-order valence-corrected chi connectivity index (χ2v) is 9.79. The molecule has 4 rings (SSSR count). The van der Waals surface area contributed by atoms with Crippen LogP contribution in [0.2, 0.25) is 0 Å². The highest BCUT2D eigenvalue weighted by Crippen LogP contribution is 2.66. The van der Waals surface area contributed by atoms with Crippen molar-refractivity contribution in [2.24, 2.45) is 34.5 Å². The van der Waals surface area contributed by atoms with Gasteiger partial charge in [0.25, 0.3) is 0 Å². The molecule has 4 aliphatic carbocycles. The summed E-state index contributed by atoms with van der Waals surface area (Å²) in [7, 11) is 0. The summed E-state index contributed by atoms with van der Waals surface area (Å²) in [6, 6.07) is 0.428. The van der Waals surface area contributed by atoms with Gasteiger partial charge < -0.3 is 5.32 Å². The van der Waals surface area contributed by atoms with Gasteiger partial charge in [-0.1, -0.05) is 26.7 Å².